The highest BCUT2D eigenvalue weighted by Crippen LogP contribution is 2.16. The third-order valence-corrected chi connectivity index (χ3v) is 5.11. The summed E-state index contributed by atoms with van der Waals surface area (Å²) in [5.74, 6) is 0.0965. The van der Waals surface area contributed by atoms with Gasteiger partial charge in [0.1, 0.15) is 0 Å². The van der Waals surface area contributed by atoms with E-state index in [2.05, 4.69) is 11.8 Å². The van der Waals surface area contributed by atoms with Crippen molar-refractivity contribution in [3.8, 4) is 0 Å². The normalized spacial score (nSPS) is 19.4. The molecule has 2 amide bonds. The van der Waals surface area contributed by atoms with Crippen molar-refractivity contribution in [1.82, 2.24) is 14.7 Å². The highest BCUT2D eigenvalue weighted by molar-refractivity contribution is 5.99. The first-order valence-corrected chi connectivity index (χ1v) is 9.10. The summed E-state index contributed by atoms with van der Waals surface area (Å²) in [7, 11) is 0. The molecule has 2 aliphatic rings. The number of piperidine rings is 1. The maximum Gasteiger partial charge on any atom is 0.253 e. The van der Waals surface area contributed by atoms with Crippen molar-refractivity contribution in [3.05, 3.63) is 35.4 Å². The molecule has 0 radical (unpaired) electrons. The maximum atomic E-state index is 12.7. The molecule has 2 aliphatic heterocycles. The van der Waals surface area contributed by atoms with E-state index in [0.29, 0.717) is 11.1 Å². The summed E-state index contributed by atoms with van der Waals surface area (Å²) in [6, 6.07) is 7.24. The number of likely N-dealkylation sites (N-methyl/N-ethyl adjacent to an activating group) is 1. The van der Waals surface area contributed by atoms with E-state index in [0.717, 1.165) is 58.7 Å². The third kappa shape index (κ3) is 3.78. The van der Waals surface area contributed by atoms with Crippen molar-refractivity contribution >= 4 is 11.8 Å². The summed E-state index contributed by atoms with van der Waals surface area (Å²) in [5.41, 5.74) is 1.26. The topological polar surface area (TPSA) is 43.9 Å². The number of hydrogen-bond acceptors (Lipinski definition) is 3. The number of amides is 2. The van der Waals surface area contributed by atoms with Crippen LogP contribution in [0.1, 0.15) is 46.9 Å². The van der Waals surface area contributed by atoms with Gasteiger partial charge in [0.15, 0.2) is 0 Å². The summed E-state index contributed by atoms with van der Waals surface area (Å²) in [5, 5.41) is 0. The van der Waals surface area contributed by atoms with E-state index in [9.17, 15) is 9.59 Å². The molecule has 130 valence electrons. The Bertz CT molecular complexity index is 588. The van der Waals surface area contributed by atoms with Gasteiger partial charge in [0.2, 0.25) is 0 Å². The minimum absolute atomic E-state index is 0.0408. The van der Waals surface area contributed by atoms with E-state index in [1.165, 1.54) is 6.42 Å². The van der Waals surface area contributed by atoms with E-state index in [1.807, 2.05) is 28.0 Å². The first-order chi connectivity index (χ1) is 11.7. The second-order valence-corrected chi connectivity index (χ2v) is 6.66. The molecule has 1 aromatic rings. The van der Waals surface area contributed by atoms with Gasteiger partial charge in [-0.1, -0.05) is 13.0 Å². The fraction of sp³-hybridized carbons (Fsp3) is 0.579. The molecule has 2 heterocycles. The monoisotopic (exact) mass is 329 g/mol. The number of carbonyl (C=O) groups excluding carboxylic acids is 2. The van der Waals surface area contributed by atoms with Gasteiger partial charge < -0.3 is 14.7 Å². The quantitative estimate of drug-likeness (QED) is 0.853. The van der Waals surface area contributed by atoms with Gasteiger partial charge in [-0.2, -0.15) is 0 Å². The van der Waals surface area contributed by atoms with Gasteiger partial charge in [-0.3, -0.25) is 9.59 Å². The zero-order chi connectivity index (χ0) is 16.9. The predicted molar refractivity (Wildman–Crippen MR) is 94.2 cm³/mol. The van der Waals surface area contributed by atoms with Crippen LogP contribution < -0.4 is 0 Å². The average Bonchev–Trinajstić information content (AvgIpc) is 2.67. The number of carbonyl (C=O) groups is 2. The average molecular weight is 329 g/mol. The molecular weight excluding hydrogens is 302 g/mol. The Morgan fingerprint density at radius 1 is 0.833 bits per heavy atom. The van der Waals surface area contributed by atoms with Crippen LogP contribution >= 0.6 is 0 Å². The number of hydrogen-bond donors (Lipinski definition) is 0. The molecule has 0 spiro atoms. The fourth-order valence-electron chi connectivity index (χ4n) is 3.51. The Hall–Kier alpha value is -1.88. The number of nitrogens with zero attached hydrogens (tertiary/aromatic N) is 3. The van der Waals surface area contributed by atoms with Crippen LogP contribution in [0.4, 0.5) is 0 Å². The van der Waals surface area contributed by atoms with Gasteiger partial charge in [-0.25, -0.2) is 0 Å². The minimum Gasteiger partial charge on any atom is -0.339 e. The van der Waals surface area contributed by atoms with E-state index < -0.39 is 0 Å². The molecule has 3 rings (SSSR count). The second-order valence-electron chi connectivity index (χ2n) is 6.66. The Morgan fingerprint density at radius 3 is 1.92 bits per heavy atom. The molecule has 0 aliphatic carbocycles. The second kappa shape index (κ2) is 7.79. The Kier molecular flexibility index (Phi) is 5.51. The largest absolute Gasteiger partial charge is 0.339 e. The molecule has 2 saturated heterocycles. The zero-order valence-electron chi connectivity index (χ0n) is 14.5. The van der Waals surface area contributed by atoms with Crippen molar-refractivity contribution in [3.63, 3.8) is 0 Å². The van der Waals surface area contributed by atoms with Crippen molar-refractivity contribution in [2.45, 2.75) is 26.2 Å². The van der Waals surface area contributed by atoms with E-state index in [1.54, 1.807) is 6.07 Å². The van der Waals surface area contributed by atoms with Crippen LogP contribution in [-0.4, -0.2) is 72.3 Å². The van der Waals surface area contributed by atoms with Crippen LogP contribution in [0.15, 0.2) is 24.3 Å². The Morgan fingerprint density at radius 2 is 1.38 bits per heavy atom. The van der Waals surface area contributed by atoms with Crippen LogP contribution in [0.2, 0.25) is 0 Å². The molecule has 2 fully saturated rings. The lowest BCUT2D eigenvalue weighted by Crippen LogP contribution is -2.48. The number of piperazine rings is 1. The molecule has 0 unspecified atom stereocenters. The van der Waals surface area contributed by atoms with Crippen molar-refractivity contribution < 1.29 is 9.59 Å². The van der Waals surface area contributed by atoms with Crippen molar-refractivity contribution in [2.75, 3.05) is 45.8 Å². The molecule has 1 aromatic carbocycles. The van der Waals surface area contributed by atoms with E-state index in [-0.39, 0.29) is 11.8 Å². The summed E-state index contributed by atoms with van der Waals surface area (Å²) >= 11 is 0. The predicted octanol–water partition coefficient (Wildman–Crippen LogP) is 2.09. The first kappa shape index (κ1) is 17.0. The van der Waals surface area contributed by atoms with E-state index >= 15 is 0 Å². The summed E-state index contributed by atoms with van der Waals surface area (Å²) in [6.07, 6.45) is 3.35. The third-order valence-electron chi connectivity index (χ3n) is 5.11. The van der Waals surface area contributed by atoms with Gasteiger partial charge in [-0.15, -0.1) is 0 Å². The first-order valence-electron chi connectivity index (χ1n) is 9.10. The minimum atomic E-state index is 0.0408. The van der Waals surface area contributed by atoms with Crippen LogP contribution in [0.3, 0.4) is 0 Å². The van der Waals surface area contributed by atoms with Gasteiger partial charge >= 0.3 is 0 Å². The Balaban J connectivity index is 1.68. The molecular formula is C19H27N3O2. The van der Waals surface area contributed by atoms with Crippen LogP contribution in [0.5, 0.6) is 0 Å². The number of likely N-dealkylation sites (tertiary alicyclic amines) is 1. The molecule has 5 nitrogen and oxygen atoms in total. The zero-order valence-corrected chi connectivity index (χ0v) is 14.5. The lowest BCUT2D eigenvalue weighted by molar-refractivity contribution is 0.0643. The maximum absolute atomic E-state index is 12.7. The van der Waals surface area contributed by atoms with Crippen LogP contribution in [0, 0.1) is 0 Å². The van der Waals surface area contributed by atoms with Crippen LogP contribution in [0.25, 0.3) is 0 Å². The summed E-state index contributed by atoms with van der Waals surface area (Å²) in [4.78, 5) is 31.5. The summed E-state index contributed by atoms with van der Waals surface area (Å²) in [6.45, 7) is 8.21. The lowest BCUT2D eigenvalue weighted by atomic mass is 10.1. The highest BCUT2D eigenvalue weighted by Gasteiger charge is 2.23. The lowest BCUT2D eigenvalue weighted by Gasteiger charge is -2.34. The van der Waals surface area contributed by atoms with Crippen molar-refractivity contribution in [2.24, 2.45) is 0 Å². The van der Waals surface area contributed by atoms with Gasteiger partial charge in [0, 0.05) is 50.4 Å². The van der Waals surface area contributed by atoms with Gasteiger partial charge in [-0.05, 0) is 44.0 Å². The molecule has 0 aromatic heterocycles. The molecule has 0 N–H and O–H groups in total. The standard InChI is InChI=1S/C19H27N3O2/c1-2-20-11-13-22(14-12-20)19(24)17-8-6-7-16(15-17)18(23)21-9-4-3-5-10-21/h6-8,15H,2-5,9-14H2,1H3. The summed E-state index contributed by atoms with van der Waals surface area (Å²) < 4.78 is 0. The molecule has 24 heavy (non-hydrogen) atoms. The molecule has 0 bridgehead atoms. The number of benzene rings is 1. The number of rotatable bonds is 3. The van der Waals surface area contributed by atoms with Gasteiger partial charge in [0.25, 0.3) is 11.8 Å². The molecule has 5 heteroatoms. The highest BCUT2D eigenvalue weighted by atomic mass is 16.2. The van der Waals surface area contributed by atoms with Crippen molar-refractivity contribution in [1.29, 1.82) is 0 Å². The van der Waals surface area contributed by atoms with E-state index in [4.69, 9.17) is 0 Å². The van der Waals surface area contributed by atoms with Crippen LogP contribution in [-0.2, 0) is 0 Å². The molecule has 0 saturated carbocycles. The molecule has 0 atom stereocenters. The van der Waals surface area contributed by atoms with Gasteiger partial charge in [0.05, 0.1) is 0 Å². The SMILES string of the molecule is CCN1CCN(C(=O)c2cccc(C(=O)N3CCCCC3)c2)CC1. The fourth-order valence-corrected chi connectivity index (χ4v) is 3.51. The smallest absolute Gasteiger partial charge is 0.253 e. The Labute approximate surface area is 144 Å².